The van der Waals surface area contributed by atoms with Crippen molar-refractivity contribution in [2.24, 2.45) is 16.7 Å². The summed E-state index contributed by atoms with van der Waals surface area (Å²) in [5, 5.41) is 22.5. The summed E-state index contributed by atoms with van der Waals surface area (Å²) in [5.74, 6) is 0.0850. The van der Waals surface area contributed by atoms with E-state index in [0.29, 0.717) is 6.42 Å². The SMILES string of the molecule is CC1=C[C@H](O)[C@H]2C(C)(C)CCC[C@]2(C)[C@@]1(O)CCc1ccoc1. The molecule has 4 atom stereocenters. The predicted octanol–water partition coefficient (Wildman–Crippen LogP) is 4.10. The first-order chi connectivity index (χ1) is 10.7. The Hall–Kier alpha value is -1.06. The van der Waals surface area contributed by atoms with Crippen LogP contribution in [0.3, 0.4) is 0 Å². The monoisotopic (exact) mass is 318 g/mol. The van der Waals surface area contributed by atoms with E-state index in [4.69, 9.17) is 4.42 Å². The Labute approximate surface area is 139 Å². The van der Waals surface area contributed by atoms with E-state index in [-0.39, 0.29) is 16.7 Å². The third kappa shape index (κ3) is 2.49. The largest absolute Gasteiger partial charge is 0.472 e. The highest BCUT2D eigenvalue weighted by Gasteiger charge is 2.61. The molecular weight excluding hydrogens is 288 g/mol. The number of aliphatic hydroxyl groups excluding tert-OH is 1. The number of furan rings is 1. The molecule has 3 heteroatoms. The van der Waals surface area contributed by atoms with E-state index < -0.39 is 11.7 Å². The molecular formula is C20H30O3. The summed E-state index contributed by atoms with van der Waals surface area (Å²) in [5.41, 5.74) is 0.910. The fourth-order valence-electron chi connectivity index (χ4n) is 5.57. The van der Waals surface area contributed by atoms with Crippen molar-refractivity contribution >= 4 is 0 Å². The molecule has 0 saturated heterocycles. The molecule has 2 aliphatic carbocycles. The molecule has 0 bridgehead atoms. The second-order valence-corrected chi connectivity index (χ2v) is 8.57. The zero-order chi connectivity index (χ0) is 16.9. The van der Waals surface area contributed by atoms with Crippen LogP contribution in [0.4, 0.5) is 0 Å². The number of hydrogen-bond donors (Lipinski definition) is 2. The van der Waals surface area contributed by atoms with Gasteiger partial charge in [-0.1, -0.05) is 33.3 Å². The standard InChI is InChI=1S/C20H30O3/c1-14-12-16(21)17-18(2,3)8-5-9-19(17,4)20(14,22)10-6-15-7-11-23-13-15/h7,11-13,16-17,21-22H,5-6,8-10H2,1-4H3/t16-,17-,19-,20+/m0/s1. The molecule has 128 valence electrons. The van der Waals surface area contributed by atoms with Gasteiger partial charge in [0, 0.05) is 11.3 Å². The van der Waals surface area contributed by atoms with E-state index >= 15 is 0 Å². The van der Waals surface area contributed by atoms with E-state index in [2.05, 4.69) is 20.8 Å². The molecule has 0 spiro atoms. The van der Waals surface area contributed by atoms with E-state index in [1.807, 2.05) is 19.1 Å². The summed E-state index contributed by atoms with van der Waals surface area (Å²) >= 11 is 0. The average Bonchev–Trinajstić information content (AvgIpc) is 2.95. The Morgan fingerprint density at radius 2 is 2.00 bits per heavy atom. The number of rotatable bonds is 3. The van der Waals surface area contributed by atoms with Gasteiger partial charge in [-0.15, -0.1) is 0 Å². The summed E-state index contributed by atoms with van der Waals surface area (Å²) in [6.45, 7) is 8.64. The molecule has 0 amide bonds. The highest BCUT2D eigenvalue weighted by atomic mass is 16.3. The molecule has 2 N–H and O–H groups in total. The van der Waals surface area contributed by atoms with E-state index in [0.717, 1.165) is 36.8 Å². The second kappa shape index (κ2) is 5.49. The van der Waals surface area contributed by atoms with Crippen LogP contribution in [0.15, 0.2) is 34.7 Å². The van der Waals surface area contributed by atoms with Crippen molar-refractivity contribution in [2.45, 2.75) is 71.5 Å². The van der Waals surface area contributed by atoms with Gasteiger partial charge in [-0.05, 0) is 55.2 Å². The van der Waals surface area contributed by atoms with Crippen LogP contribution in [0.5, 0.6) is 0 Å². The predicted molar refractivity (Wildman–Crippen MR) is 91.0 cm³/mol. The Balaban J connectivity index is 1.98. The highest BCUT2D eigenvalue weighted by molar-refractivity contribution is 5.30. The number of fused-ring (bicyclic) bond motifs is 1. The lowest BCUT2D eigenvalue weighted by Crippen LogP contribution is -2.62. The average molecular weight is 318 g/mol. The normalized spacial score (nSPS) is 39.7. The van der Waals surface area contributed by atoms with E-state index in [1.165, 1.54) is 0 Å². The Bertz CT molecular complexity index is 586. The molecule has 0 radical (unpaired) electrons. The van der Waals surface area contributed by atoms with Gasteiger partial charge in [0.2, 0.25) is 0 Å². The first-order valence-corrected chi connectivity index (χ1v) is 8.81. The van der Waals surface area contributed by atoms with Gasteiger partial charge >= 0.3 is 0 Å². The van der Waals surface area contributed by atoms with Crippen molar-refractivity contribution in [1.29, 1.82) is 0 Å². The van der Waals surface area contributed by atoms with Crippen LogP contribution in [0, 0.1) is 16.7 Å². The Kier molecular flexibility index (Phi) is 4.01. The highest BCUT2D eigenvalue weighted by Crippen LogP contribution is 2.62. The van der Waals surface area contributed by atoms with Crippen molar-refractivity contribution in [3.63, 3.8) is 0 Å². The maximum Gasteiger partial charge on any atom is 0.0934 e. The van der Waals surface area contributed by atoms with Gasteiger partial charge in [0.25, 0.3) is 0 Å². The summed E-state index contributed by atoms with van der Waals surface area (Å²) in [4.78, 5) is 0. The quantitative estimate of drug-likeness (QED) is 0.825. The molecule has 1 fully saturated rings. The molecule has 0 aliphatic heterocycles. The van der Waals surface area contributed by atoms with Gasteiger partial charge in [-0.2, -0.15) is 0 Å². The van der Waals surface area contributed by atoms with Crippen molar-refractivity contribution < 1.29 is 14.6 Å². The van der Waals surface area contributed by atoms with Crippen molar-refractivity contribution in [1.82, 2.24) is 0 Å². The van der Waals surface area contributed by atoms with Gasteiger partial charge in [0.15, 0.2) is 0 Å². The van der Waals surface area contributed by atoms with Gasteiger partial charge in [0.05, 0.1) is 24.2 Å². The zero-order valence-electron chi connectivity index (χ0n) is 14.8. The van der Waals surface area contributed by atoms with Gasteiger partial charge in [0.1, 0.15) is 0 Å². The number of aryl methyl sites for hydroxylation is 1. The van der Waals surface area contributed by atoms with Crippen LogP contribution in [-0.4, -0.2) is 21.9 Å². The Morgan fingerprint density at radius 1 is 1.26 bits per heavy atom. The maximum absolute atomic E-state index is 11.7. The molecule has 3 rings (SSSR count). The smallest absolute Gasteiger partial charge is 0.0934 e. The molecule has 1 heterocycles. The molecule has 1 aromatic heterocycles. The lowest BCUT2D eigenvalue weighted by Gasteiger charge is -2.61. The van der Waals surface area contributed by atoms with Crippen LogP contribution in [0.25, 0.3) is 0 Å². The lowest BCUT2D eigenvalue weighted by molar-refractivity contribution is -0.174. The minimum absolute atomic E-state index is 0.0350. The maximum atomic E-state index is 11.7. The van der Waals surface area contributed by atoms with E-state index in [1.54, 1.807) is 12.5 Å². The van der Waals surface area contributed by atoms with Crippen molar-refractivity contribution in [3.8, 4) is 0 Å². The molecule has 1 aromatic rings. The zero-order valence-corrected chi connectivity index (χ0v) is 14.8. The third-order valence-electron chi connectivity index (χ3n) is 6.76. The molecule has 2 aliphatic rings. The summed E-state index contributed by atoms with van der Waals surface area (Å²) in [6, 6.07) is 1.96. The molecule has 3 nitrogen and oxygen atoms in total. The summed E-state index contributed by atoms with van der Waals surface area (Å²) in [6.07, 6.45) is 9.50. The number of aliphatic hydroxyl groups is 2. The molecule has 0 aromatic carbocycles. The van der Waals surface area contributed by atoms with Gasteiger partial charge < -0.3 is 14.6 Å². The van der Waals surface area contributed by atoms with Gasteiger partial charge in [-0.3, -0.25) is 0 Å². The second-order valence-electron chi connectivity index (χ2n) is 8.57. The number of hydrogen-bond acceptors (Lipinski definition) is 3. The van der Waals surface area contributed by atoms with Crippen molar-refractivity contribution in [2.75, 3.05) is 0 Å². The first-order valence-electron chi connectivity index (χ1n) is 8.81. The van der Waals surface area contributed by atoms with Crippen molar-refractivity contribution in [3.05, 3.63) is 35.8 Å². The van der Waals surface area contributed by atoms with Crippen LogP contribution in [0.1, 0.15) is 58.9 Å². The molecule has 0 unspecified atom stereocenters. The molecule has 1 saturated carbocycles. The minimum atomic E-state index is -0.869. The topological polar surface area (TPSA) is 53.6 Å². The summed E-state index contributed by atoms with van der Waals surface area (Å²) in [7, 11) is 0. The minimum Gasteiger partial charge on any atom is -0.472 e. The fourth-order valence-corrected chi connectivity index (χ4v) is 5.57. The van der Waals surface area contributed by atoms with Crippen LogP contribution in [-0.2, 0) is 6.42 Å². The van der Waals surface area contributed by atoms with Crippen LogP contribution < -0.4 is 0 Å². The summed E-state index contributed by atoms with van der Waals surface area (Å²) < 4.78 is 5.16. The van der Waals surface area contributed by atoms with Crippen LogP contribution in [0.2, 0.25) is 0 Å². The first kappa shape index (κ1) is 16.8. The lowest BCUT2D eigenvalue weighted by atomic mass is 9.45. The Morgan fingerprint density at radius 3 is 2.65 bits per heavy atom. The third-order valence-corrected chi connectivity index (χ3v) is 6.76. The fraction of sp³-hybridized carbons (Fsp3) is 0.700. The van der Waals surface area contributed by atoms with E-state index in [9.17, 15) is 10.2 Å². The van der Waals surface area contributed by atoms with Gasteiger partial charge in [-0.25, -0.2) is 0 Å². The molecule has 23 heavy (non-hydrogen) atoms. The van der Waals surface area contributed by atoms with Crippen LogP contribution >= 0.6 is 0 Å².